The summed E-state index contributed by atoms with van der Waals surface area (Å²) < 4.78 is 5.57. The number of hydrogen-bond acceptors (Lipinski definition) is 3. The predicted molar refractivity (Wildman–Crippen MR) is 95.9 cm³/mol. The molecule has 6 heteroatoms. The van der Waals surface area contributed by atoms with Crippen molar-refractivity contribution >= 4 is 23.2 Å². The van der Waals surface area contributed by atoms with E-state index in [0.717, 1.165) is 17.0 Å². The Morgan fingerprint density at radius 2 is 1.83 bits per heavy atom. The van der Waals surface area contributed by atoms with Crippen molar-refractivity contribution in [3.63, 3.8) is 0 Å². The highest BCUT2D eigenvalue weighted by Gasteiger charge is 2.16. The van der Waals surface area contributed by atoms with E-state index in [9.17, 15) is 10.2 Å². The monoisotopic (exact) mass is 370 g/mol. The van der Waals surface area contributed by atoms with Gasteiger partial charge in [0, 0.05) is 10.6 Å². The molecule has 2 aromatic carbocycles. The molecule has 0 aromatic heterocycles. The summed E-state index contributed by atoms with van der Waals surface area (Å²) in [6, 6.07) is 15.0. The zero-order valence-corrected chi connectivity index (χ0v) is 14.8. The molecule has 130 valence electrons. The lowest BCUT2D eigenvalue weighted by atomic mass is 10.2. The van der Waals surface area contributed by atoms with Crippen molar-refractivity contribution in [1.82, 2.24) is 0 Å². The number of quaternary nitrogens is 1. The van der Waals surface area contributed by atoms with E-state index in [1.807, 2.05) is 30.3 Å². The molecule has 0 amide bonds. The van der Waals surface area contributed by atoms with Crippen molar-refractivity contribution in [3.8, 4) is 5.75 Å². The number of ether oxygens (including phenoxy) is 1. The summed E-state index contributed by atoms with van der Waals surface area (Å²) in [6.45, 7) is 1.97. The molecule has 0 heterocycles. The fraction of sp³-hybridized carbons (Fsp3) is 0.333. The minimum atomic E-state index is -0.665. The number of aliphatic hydroxyl groups excluding tert-OH is 2. The molecule has 1 unspecified atom stereocenters. The molecule has 0 bridgehead atoms. The third kappa shape index (κ3) is 6.30. The van der Waals surface area contributed by atoms with E-state index >= 15 is 0 Å². The second-order valence-corrected chi connectivity index (χ2v) is 6.47. The Kier molecular flexibility index (Phi) is 7.82. The molecule has 0 aliphatic heterocycles. The second-order valence-electron chi connectivity index (χ2n) is 5.63. The molecule has 2 rings (SSSR count). The van der Waals surface area contributed by atoms with E-state index in [4.69, 9.17) is 27.9 Å². The van der Waals surface area contributed by atoms with Gasteiger partial charge >= 0.3 is 0 Å². The van der Waals surface area contributed by atoms with Crippen LogP contribution in [0.3, 0.4) is 0 Å². The average Bonchev–Trinajstić information content (AvgIpc) is 2.55. The van der Waals surface area contributed by atoms with Crippen LogP contribution in [-0.2, 0) is 6.54 Å². The molecule has 0 radical (unpaired) electrons. The van der Waals surface area contributed by atoms with Crippen LogP contribution in [0.25, 0.3) is 0 Å². The Labute approximate surface area is 152 Å². The summed E-state index contributed by atoms with van der Waals surface area (Å²) in [7, 11) is 0. The Morgan fingerprint density at radius 1 is 1.08 bits per heavy atom. The fourth-order valence-corrected chi connectivity index (χ4v) is 2.94. The molecule has 0 saturated carbocycles. The molecular weight excluding hydrogens is 349 g/mol. The second kappa shape index (κ2) is 9.87. The summed E-state index contributed by atoms with van der Waals surface area (Å²) in [5.41, 5.74) is 1.16. The minimum Gasteiger partial charge on any atom is -0.489 e. The normalized spacial score (nSPS) is 13.5. The minimum absolute atomic E-state index is 0.0682. The van der Waals surface area contributed by atoms with Crippen LogP contribution in [0, 0.1) is 0 Å². The van der Waals surface area contributed by atoms with E-state index in [-0.39, 0.29) is 13.2 Å². The topological polar surface area (TPSA) is 54.1 Å². The summed E-state index contributed by atoms with van der Waals surface area (Å²) in [4.78, 5) is 1.09. The van der Waals surface area contributed by atoms with Gasteiger partial charge in [-0.2, -0.15) is 0 Å². The van der Waals surface area contributed by atoms with Gasteiger partial charge < -0.3 is 19.8 Å². The smallest absolute Gasteiger partial charge is 0.138 e. The van der Waals surface area contributed by atoms with Gasteiger partial charge in [0.25, 0.3) is 0 Å². The zero-order valence-electron chi connectivity index (χ0n) is 13.3. The molecular formula is C18H22Cl2NO3+. The maximum absolute atomic E-state index is 10.2. The van der Waals surface area contributed by atoms with Gasteiger partial charge in [0.05, 0.1) is 11.6 Å². The number of aliphatic hydroxyl groups is 2. The highest BCUT2D eigenvalue weighted by atomic mass is 35.5. The van der Waals surface area contributed by atoms with E-state index in [0.29, 0.717) is 28.9 Å². The lowest BCUT2D eigenvalue weighted by Gasteiger charge is -2.22. The third-order valence-corrected chi connectivity index (χ3v) is 4.14. The number of hydrogen-bond donors (Lipinski definition) is 3. The van der Waals surface area contributed by atoms with Crippen LogP contribution in [0.4, 0.5) is 0 Å². The molecule has 2 atom stereocenters. The van der Waals surface area contributed by atoms with Crippen LogP contribution in [0.2, 0.25) is 10.0 Å². The number of halogens is 2. The van der Waals surface area contributed by atoms with Crippen LogP contribution >= 0.6 is 23.2 Å². The van der Waals surface area contributed by atoms with Gasteiger partial charge in [-0.05, 0) is 18.2 Å². The zero-order chi connectivity index (χ0) is 17.4. The van der Waals surface area contributed by atoms with E-state index in [1.165, 1.54) is 0 Å². The van der Waals surface area contributed by atoms with E-state index in [1.54, 1.807) is 18.2 Å². The molecule has 4 nitrogen and oxygen atoms in total. The highest BCUT2D eigenvalue weighted by Crippen LogP contribution is 2.27. The van der Waals surface area contributed by atoms with E-state index in [2.05, 4.69) is 0 Å². The Bertz CT molecular complexity index is 625. The quantitative estimate of drug-likeness (QED) is 0.630. The molecule has 0 fully saturated rings. The van der Waals surface area contributed by atoms with Crippen molar-refractivity contribution in [1.29, 1.82) is 0 Å². The standard InChI is InChI=1S/C18H21Cl2NO3/c19-15-6-7-18(17(20)10-15)24-13-16(23)12-21(8-9-22)11-14-4-2-1-3-5-14/h1-7,10,16,22-23H,8-9,11-13H2/p+1/t16-/m0/s1. The van der Waals surface area contributed by atoms with Crippen LogP contribution in [-0.4, -0.2) is 42.6 Å². The first kappa shape index (κ1) is 19.0. The Balaban J connectivity index is 1.86. The summed E-state index contributed by atoms with van der Waals surface area (Å²) in [5, 5.41) is 20.4. The van der Waals surface area contributed by atoms with Gasteiger partial charge in [-0.15, -0.1) is 0 Å². The lowest BCUT2D eigenvalue weighted by molar-refractivity contribution is -0.917. The van der Waals surface area contributed by atoms with Crippen LogP contribution in [0.5, 0.6) is 5.75 Å². The van der Waals surface area contributed by atoms with Crippen LogP contribution in [0.15, 0.2) is 48.5 Å². The summed E-state index contributed by atoms with van der Waals surface area (Å²) >= 11 is 11.9. The van der Waals surface area contributed by atoms with Gasteiger partial charge in [-0.3, -0.25) is 0 Å². The molecule has 0 aliphatic carbocycles. The van der Waals surface area contributed by atoms with Crippen LogP contribution < -0.4 is 9.64 Å². The summed E-state index contributed by atoms with van der Waals surface area (Å²) in [6.07, 6.45) is -0.665. The van der Waals surface area contributed by atoms with Gasteiger partial charge in [0.2, 0.25) is 0 Å². The molecule has 0 saturated heterocycles. The van der Waals surface area contributed by atoms with Crippen molar-refractivity contribution in [2.45, 2.75) is 12.6 Å². The predicted octanol–water partition coefficient (Wildman–Crippen LogP) is 1.81. The first-order chi connectivity index (χ1) is 11.6. The lowest BCUT2D eigenvalue weighted by Crippen LogP contribution is -3.12. The largest absolute Gasteiger partial charge is 0.489 e. The Hall–Kier alpha value is -1.30. The number of rotatable bonds is 9. The number of benzene rings is 2. The van der Waals surface area contributed by atoms with Crippen molar-refractivity contribution < 1.29 is 19.8 Å². The third-order valence-electron chi connectivity index (χ3n) is 3.61. The van der Waals surface area contributed by atoms with Crippen LogP contribution in [0.1, 0.15) is 5.56 Å². The average molecular weight is 371 g/mol. The van der Waals surface area contributed by atoms with Crippen molar-refractivity contribution in [3.05, 3.63) is 64.1 Å². The van der Waals surface area contributed by atoms with Gasteiger partial charge in [-0.1, -0.05) is 53.5 Å². The molecule has 3 N–H and O–H groups in total. The molecule has 0 aliphatic rings. The summed E-state index contributed by atoms with van der Waals surface area (Å²) in [5.74, 6) is 0.492. The maximum Gasteiger partial charge on any atom is 0.138 e. The first-order valence-electron chi connectivity index (χ1n) is 7.82. The van der Waals surface area contributed by atoms with Gasteiger partial charge in [0.15, 0.2) is 0 Å². The van der Waals surface area contributed by atoms with Crippen molar-refractivity contribution in [2.75, 3.05) is 26.3 Å². The molecule has 2 aromatic rings. The van der Waals surface area contributed by atoms with Gasteiger partial charge in [0.1, 0.15) is 38.1 Å². The van der Waals surface area contributed by atoms with E-state index < -0.39 is 6.10 Å². The first-order valence-corrected chi connectivity index (χ1v) is 8.58. The molecule has 0 spiro atoms. The molecule has 24 heavy (non-hydrogen) atoms. The fourth-order valence-electron chi connectivity index (χ4n) is 2.48. The SMILES string of the molecule is OCC[NH+](Cc1ccccc1)C[C@H](O)COc1ccc(Cl)cc1Cl. The Morgan fingerprint density at radius 3 is 2.50 bits per heavy atom. The number of nitrogens with one attached hydrogen (secondary N) is 1. The van der Waals surface area contributed by atoms with Crippen molar-refractivity contribution in [2.24, 2.45) is 0 Å². The van der Waals surface area contributed by atoms with Gasteiger partial charge in [-0.25, -0.2) is 0 Å². The maximum atomic E-state index is 10.2. The highest BCUT2D eigenvalue weighted by molar-refractivity contribution is 6.35.